The molecule has 12 heteroatoms. The standard InChI is InChI=1S/C25H22F3N3O5S/c1-23-9-10-24(36-23,11-12-30-37(34,35)17-5-3-2-4-6-17)20-19(23)21(32)31(22(20)33)16-8-7-15(14-29)18(13-16)25(26,27)28/h2-8,13,30,32-33H,9-12H2,1H3/t23-,24-/m1/s1. The Morgan fingerprint density at radius 1 is 1.11 bits per heavy atom. The maximum Gasteiger partial charge on any atom is 0.417 e. The van der Waals surface area contributed by atoms with Crippen LogP contribution >= 0.6 is 0 Å². The van der Waals surface area contributed by atoms with Gasteiger partial charge in [0.2, 0.25) is 21.8 Å². The SMILES string of the molecule is C[C@]12CC[C@](CCNS(=O)(=O)c3ccccc3)(O1)c1c2c(O)n(-c2ccc(C#N)c(C(F)(F)F)c2)c1O. The second kappa shape index (κ2) is 8.24. The second-order valence-corrected chi connectivity index (χ2v) is 11.1. The normalized spacial score (nSPS) is 22.7. The lowest BCUT2D eigenvalue weighted by Gasteiger charge is -2.26. The summed E-state index contributed by atoms with van der Waals surface area (Å²) >= 11 is 0. The molecule has 3 N–H and O–H groups in total. The van der Waals surface area contributed by atoms with Crippen molar-refractivity contribution in [3.05, 3.63) is 70.8 Å². The Morgan fingerprint density at radius 2 is 1.78 bits per heavy atom. The van der Waals surface area contributed by atoms with Crippen molar-refractivity contribution in [1.82, 2.24) is 9.29 Å². The fourth-order valence-corrected chi connectivity index (χ4v) is 6.48. The number of nitrogens with zero attached hydrogens (tertiary/aromatic N) is 2. The van der Waals surface area contributed by atoms with Crippen LogP contribution in [0.5, 0.6) is 11.8 Å². The van der Waals surface area contributed by atoms with Crippen LogP contribution in [0.3, 0.4) is 0 Å². The number of hydrogen-bond acceptors (Lipinski definition) is 6. The van der Waals surface area contributed by atoms with Gasteiger partial charge in [0, 0.05) is 6.54 Å². The van der Waals surface area contributed by atoms with Gasteiger partial charge >= 0.3 is 6.18 Å². The lowest BCUT2D eigenvalue weighted by Crippen LogP contribution is -2.32. The first-order valence-corrected chi connectivity index (χ1v) is 12.9. The molecule has 2 aliphatic rings. The van der Waals surface area contributed by atoms with Crippen LogP contribution in [0.1, 0.15) is 48.4 Å². The van der Waals surface area contributed by atoms with Gasteiger partial charge in [-0.05, 0) is 56.5 Å². The van der Waals surface area contributed by atoms with Crippen molar-refractivity contribution < 1.29 is 36.5 Å². The van der Waals surface area contributed by atoms with Crippen LogP contribution in [0.4, 0.5) is 13.2 Å². The molecule has 1 aromatic heterocycles. The molecule has 3 aromatic rings. The van der Waals surface area contributed by atoms with Gasteiger partial charge in [-0.2, -0.15) is 18.4 Å². The first-order valence-electron chi connectivity index (χ1n) is 11.4. The van der Waals surface area contributed by atoms with Gasteiger partial charge in [-0.15, -0.1) is 0 Å². The summed E-state index contributed by atoms with van der Waals surface area (Å²) in [6.45, 7) is 1.66. The number of hydrogen-bond donors (Lipinski definition) is 3. The van der Waals surface area contributed by atoms with E-state index in [0.717, 1.165) is 10.6 Å². The predicted octanol–water partition coefficient (Wildman–Crippen LogP) is 4.38. The molecule has 2 bridgehead atoms. The average molecular weight is 534 g/mol. The molecule has 0 amide bonds. The molecule has 3 heterocycles. The Labute approximate surface area is 210 Å². The fourth-order valence-electron chi connectivity index (χ4n) is 5.43. The third-order valence-electron chi connectivity index (χ3n) is 7.09. The molecular weight excluding hydrogens is 511 g/mol. The van der Waals surface area contributed by atoms with Crippen LogP contribution in [0.25, 0.3) is 5.69 Å². The first kappa shape index (κ1) is 25.1. The molecule has 2 atom stereocenters. The van der Waals surface area contributed by atoms with E-state index < -0.39 is 50.3 Å². The van der Waals surface area contributed by atoms with E-state index in [9.17, 15) is 31.8 Å². The number of aromatic hydroxyl groups is 2. The molecule has 2 aliphatic heterocycles. The highest BCUT2D eigenvalue weighted by molar-refractivity contribution is 7.89. The molecule has 1 fully saturated rings. The quantitative estimate of drug-likeness (QED) is 0.432. The van der Waals surface area contributed by atoms with Gasteiger partial charge in [-0.25, -0.2) is 13.1 Å². The van der Waals surface area contributed by atoms with E-state index in [2.05, 4.69) is 4.72 Å². The monoisotopic (exact) mass is 533 g/mol. The van der Waals surface area contributed by atoms with Gasteiger partial charge in [-0.3, -0.25) is 4.57 Å². The van der Waals surface area contributed by atoms with E-state index >= 15 is 0 Å². The summed E-state index contributed by atoms with van der Waals surface area (Å²) in [5.74, 6) is -0.973. The van der Waals surface area contributed by atoms with Crippen molar-refractivity contribution in [1.29, 1.82) is 5.26 Å². The van der Waals surface area contributed by atoms with Gasteiger partial charge in [-0.1, -0.05) is 18.2 Å². The van der Waals surface area contributed by atoms with E-state index in [0.29, 0.717) is 18.9 Å². The lowest BCUT2D eigenvalue weighted by molar-refractivity contribution is -0.137. The highest BCUT2D eigenvalue weighted by Crippen LogP contribution is 2.65. The number of nitrogens with one attached hydrogen (secondary N) is 1. The molecule has 1 saturated heterocycles. The van der Waals surface area contributed by atoms with Gasteiger partial charge in [0.15, 0.2) is 0 Å². The average Bonchev–Trinajstić information content (AvgIpc) is 3.43. The van der Waals surface area contributed by atoms with Gasteiger partial charge in [0.05, 0.1) is 44.5 Å². The zero-order valence-electron chi connectivity index (χ0n) is 19.5. The number of benzene rings is 2. The molecule has 37 heavy (non-hydrogen) atoms. The Bertz CT molecular complexity index is 1550. The summed E-state index contributed by atoms with van der Waals surface area (Å²) in [6, 6.07) is 12.2. The van der Waals surface area contributed by atoms with Gasteiger partial charge in [0.1, 0.15) is 5.60 Å². The number of ether oxygens (including phenoxy) is 1. The van der Waals surface area contributed by atoms with E-state index in [1.165, 1.54) is 24.3 Å². The molecule has 5 rings (SSSR count). The Balaban J connectivity index is 1.52. The summed E-state index contributed by atoms with van der Waals surface area (Å²) < 4.78 is 75.6. The van der Waals surface area contributed by atoms with Crippen LogP contribution in [0.2, 0.25) is 0 Å². The van der Waals surface area contributed by atoms with Crippen molar-refractivity contribution in [2.24, 2.45) is 0 Å². The third-order valence-corrected chi connectivity index (χ3v) is 8.57. The molecular formula is C25H22F3N3O5S. The minimum Gasteiger partial charge on any atom is -0.494 e. The Hall–Kier alpha value is -3.53. The molecule has 0 spiro atoms. The Morgan fingerprint density at radius 3 is 2.43 bits per heavy atom. The fraction of sp³-hybridized carbons (Fsp3) is 0.320. The molecule has 0 aliphatic carbocycles. The number of alkyl halides is 3. The van der Waals surface area contributed by atoms with E-state index in [1.54, 1.807) is 25.1 Å². The van der Waals surface area contributed by atoms with E-state index in [4.69, 9.17) is 10.00 Å². The summed E-state index contributed by atoms with van der Waals surface area (Å²) in [4.78, 5) is 0.0877. The maximum atomic E-state index is 13.5. The molecule has 8 nitrogen and oxygen atoms in total. The minimum atomic E-state index is -4.83. The molecule has 0 unspecified atom stereocenters. The number of halogens is 3. The van der Waals surface area contributed by atoms with Crippen LogP contribution in [0, 0.1) is 11.3 Å². The predicted molar refractivity (Wildman–Crippen MR) is 124 cm³/mol. The Kier molecular flexibility index (Phi) is 5.60. The maximum absolute atomic E-state index is 13.5. The highest BCUT2D eigenvalue weighted by atomic mass is 32.2. The van der Waals surface area contributed by atoms with Crippen molar-refractivity contribution in [2.45, 2.75) is 48.5 Å². The number of sulfonamides is 1. The molecule has 194 valence electrons. The zero-order valence-corrected chi connectivity index (χ0v) is 20.3. The summed E-state index contributed by atoms with van der Waals surface area (Å²) in [5, 5.41) is 31.3. The largest absolute Gasteiger partial charge is 0.494 e. The minimum absolute atomic E-state index is 0.0484. The number of rotatable bonds is 6. The lowest BCUT2D eigenvalue weighted by atomic mass is 9.78. The molecule has 0 saturated carbocycles. The van der Waals surface area contributed by atoms with Crippen LogP contribution in [-0.2, 0) is 32.1 Å². The molecule has 0 radical (unpaired) electrons. The number of aromatic nitrogens is 1. The first-order chi connectivity index (χ1) is 17.3. The molecule has 2 aromatic carbocycles. The van der Waals surface area contributed by atoms with E-state index in [-0.39, 0.29) is 34.7 Å². The van der Waals surface area contributed by atoms with Gasteiger partial charge in [0.25, 0.3) is 0 Å². The van der Waals surface area contributed by atoms with Crippen molar-refractivity contribution in [3.63, 3.8) is 0 Å². The summed E-state index contributed by atoms with van der Waals surface area (Å²) in [7, 11) is -3.80. The van der Waals surface area contributed by atoms with Crippen molar-refractivity contribution in [2.75, 3.05) is 6.54 Å². The topological polar surface area (TPSA) is 125 Å². The smallest absolute Gasteiger partial charge is 0.417 e. The van der Waals surface area contributed by atoms with Crippen LogP contribution in [-0.4, -0.2) is 29.7 Å². The van der Waals surface area contributed by atoms with Gasteiger partial charge < -0.3 is 14.9 Å². The number of fused-ring (bicyclic) bond motifs is 5. The highest BCUT2D eigenvalue weighted by Gasteiger charge is 2.61. The number of nitriles is 1. The summed E-state index contributed by atoms with van der Waals surface area (Å²) in [5.41, 5.74) is -3.69. The second-order valence-electron chi connectivity index (χ2n) is 9.36. The van der Waals surface area contributed by atoms with Crippen molar-refractivity contribution >= 4 is 10.0 Å². The zero-order chi connectivity index (χ0) is 26.8. The van der Waals surface area contributed by atoms with E-state index in [1.807, 2.05) is 0 Å². The third kappa shape index (κ3) is 3.85. The van der Waals surface area contributed by atoms with Crippen LogP contribution < -0.4 is 4.72 Å². The summed E-state index contributed by atoms with van der Waals surface area (Å²) in [6.07, 6.45) is -3.86. The van der Waals surface area contributed by atoms with Crippen LogP contribution in [0.15, 0.2) is 53.4 Å². The van der Waals surface area contributed by atoms with Crippen molar-refractivity contribution in [3.8, 4) is 23.5 Å².